The highest BCUT2D eigenvalue weighted by Crippen LogP contribution is 2.18. The lowest BCUT2D eigenvalue weighted by Gasteiger charge is -2.29. The molecule has 0 aromatic rings. The minimum atomic E-state index is -0.0368. The summed E-state index contributed by atoms with van der Waals surface area (Å²) in [5, 5.41) is 5.87. The first-order valence-corrected chi connectivity index (χ1v) is 4.21. The van der Waals surface area contributed by atoms with E-state index in [1.807, 2.05) is 6.92 Å². The van der Waals surface area contributed by atoms with E-state index >= 15 is 0 Å². The Labute approximate surface area is 67.5 Å². The number of likely N-dealkylation sites (N-methyl/N-ethyl adjacent to an activating group) is 1. The fourth-order valence-corrected chi connectivity index (χ4v) is 1.22. The lowest BCUT2D eigenvalue weighted by molar-refractivity contribution is -0.122. The molecule has 0 heterocycles. The summed E-state index contributed by atoms with van der Waals surface area (Å²) in [6, 6.07) is 0.549. The third-order valence-electron chi connectivity index (χ3n) is 2.23. The summed E-state index contributed by atoms with van der Waals surface area (Å²) >= 11 is 0. The molecule has 11 heavy (non-hydrogen) atoms. The Bertz CT molecular complexity index is 143. The normalized spacial score (nSPS) is 20.5. The van der Waals surface area contributed by atoms with Crippen molar-refractivity contribution >= 4 is 5.91 Å². The van der Waals surface area contributed by atoms with Gasteiger partial charge in [0.25, 0.3) is 0 Å². The van der Waals surface area contributed by atoms with E-state index < -0.39 is 0 Å². The van der Waals surface area contributed by atoms with Gasteiger partial charge in [-0.15, -0.1) is 0 Å². The highest BCUT2D eigenvalue weighted by atomic mass is 16.2. The quantitative estimate of drug-likeness (QED) is 0.615. The van der Waals surface area contributed by atoms with Gasteiger partial charge in [0.15, 0.2) is 0 Å². The number of rotatable bonds is 3. The number of carbonyl (C=O) groups excluding carboxylic acids is 1. The molecular weight excluding hydrogens is 140 g/mol. The van der Waals surface area contributed by atoms with Crippen LogP contribution in [0.1, 0.15) is 26.2 Å². The molecule has 1 saturated carbocycles. The first-order valence-electron chi connectivity index (χ1n) is 4.21. The molecule has 0 bridgehead atoms. The fourth-order valence-electron chi connectivity index (χ4n) is 1.22. The van der Waals surface area contributed by atoms with Crippen molar-refractivity contribution in [2.75, 3.05) is 7.05 Å². The summed E-state index contributed by atoms with van der Waals surface area (Å²) in [5.74, 6) is 0.0805. The number of carbonyl (C=O) groups is 1. The van der Waals surface area contributed by atoms with Gasteiger partial charge in [0, 0.05) is 13.1 Å². The summed E-state index contributed by atoms with van der Waals surface area (Å²) in [6.07, 6.45) is 3.75. The molecule has 0 aromatic carbocycles. The molecule has 0 aromatic heterocycles. The maximum Gasteiger partial charge on any atom is 0.236 e. The molecule has 3 nitrogen and oxygen atoms in total. The van der Waals surface area contributed by atoms with Crippen molar-refractivity contribution < 1.29 is 4.79 Å². The van der Waals surface area contributed by atoms with Crippen LogP contribution in [0.25, 0.3) is 0 Å². The molecule has 0 spiro atoms. The Morgan fingerprint density at radius 2 is 2.18 bits per heavy atom. The second-order valence-electron chi connectivity index (χ2n) is 3.13. The van der Waals surface area contributed by atoms with Gasteiger partial charge in [0.05, 0.1) is 6.04 Å². The maximum atomic E-state index is 11.0. The van der Waals surface area contributed by atoms with E-state index in [0.717, 1.165) is 0 Å². The van der Waals surface area contributed by atoms with Gasteiger partial charge in [-0.25, -0.2) is 0 Å². The van der Waals surface area contributed by atoms with Gasteiger partial charge in [0.1, 0.15) is 0 Å². The standard InChI is InChI=1S/C8H16N2O/c1-6(8(11)9-2)10-7-4-3-5-7/h6-7,10H,3-5H2,1-2H3,(H,9,11). The van der Waals surface area contributed by atoms with Crippen molar-refractivity contribution in [3.8, 4) is 0 Å². The Hall–Kier alpha value is -0.570. The van der Waals surface area contributed by atoms with Crippen LogP contribution < -0.4 is 10.6 Å². The van der Waals surface area contributed by atoms with Crippen LogP contribution in [0.2, 0.25) is 0 Å². The van der Waals surface area contributed by atoms with Crippen molar-refractivity contribution in [1.29, 1.82) is 0 Å². The second-order valence-corrected chi connectivity index (χ2v) is 3.13. The van der Waals surface area contributed by atoms with Gasteiger partial charge in [-0.3, -0.25) is 4.79 Å². The Morgan fingerprint density at radius 3 is 2.55 bits per heavy atom. The van der Waals surface area contributed by atoms with Gasteiger partial charge < -0.3 is 10.6 Å². The molecule has 3 heteroatoms. The first-order chi connectivity index (χ1) is 5.24. The van der Waals surface area contributed by atoms with E-state index in [2.05, 4.69) is 10.6 Å². The van der Waals surface area contributed by atoms with Crippen LogP contribution in [-0.2, 0) is 4.79 Å². The lowest BCUT2D eigenvalue weighted by atomic mass is 9.92. The molecular formula is C8H16N2O. The average molecular weight is 156 g/mol. The Kier molecular flexibility index (Phi) is 2.88. The number of nitrogens with one attached hydrogen (secondary N) is 2. The van der Waals surface area contributed by atoms with Crippen LogP contribution in [0.4, 0.5) is 0 Å². The summed E-state index contributed by atoms with van der Waals surface area (Å²) in [5.41, 5.74) is 0. The van der Waals surface area contributed by atoms with Crippen LogP contribution in [0, 0.1) is 0 Å². The third-order valence-corrected chi connectivity index (χ3v) is 2.23. The van der Waals surface area contributed by atoms with Gasteiger partial charge in [-0.1, -0.05) is 6.42 Å². The predicted octanol–water partition coefficient (Wildman–Crippen LogP) is 0.263. The number of hydrogen-bond acceptors (Lipinski definition) is 2. The Morgan fingerprint density at radius 1 is 1.55 bits per heavy atom. The van der Waals surface area contributed by atoms with Crippen LogP contribution in [0.3, 0.4) is 0 Å². The minimum absolute atomic E-state index is 0.0368. The predicted molar refractivity (Wildman–Crippen MR) is 44.3 cm³/mol. The monoisotopic (exact) mass is 156 g/mol. The molecule has 1 atom stereocenters. The zero-order valence-corrected chi connectivity index (χ0v) is 7.18. The molecule has 1 aliphatic carbocycles. The smallest absolute Gasteiger partial charge is 0.236 e. The van der Waals surface area contributed by atoms with Gasteiger partial charge >= 0.3 is 0 Å². The Balaban J connectivity index is 2.18. The summed E-state index contributed by atoms with van der Waals surface area (Å²) in [4.78, 5) is 11.0. The SMILES string of the molecule is CNC(=O)C(C)NC1CCC1. The fraction of sp³-hybridized carbons (Fsp3) is 0.875. The van der Waals surface area contributed by atoms with Crippen molar-refractivity contribution in [3.63, 3.8) is 0 Å². The average Bonchev–Trinajstić information content (AvgIpc) is 1.94. The van der Waals surface area contributed by atoms with Gasteiger partial charge in [0.2, 0.25) is 5.91 Å². The highest BCUT2D eigenvalue weighted by molar-refractivity contribution is 5.80. The van der Waals surface area contributed by atoms with Crippen molar-refractivity contribution in [1.82, 2.24) is 10.6 Å². The zero-order chi connectivity index (χ0) is 8.27. The van der Waals surface area contributed by atoms with Crippen LogP contribution >= 0.6 is 0 Å². The molecule has 2 N–H and O–H groups in total. The molecule has 1 unspecified atom stereocenters. The van der Waals surface area contributed by atoms with Crippen molar-refractivity contribution in [2.24, 2.45) is 0 Å². The summed E-state index contributed by atoms with van der Waals surface area (Å²) in [6.45, 7) is 1.90. The van der Waals surface area contributed by atoms with Gasteiger partial charge in [-0.05, 0) is 19.8 Å². The van der Waals surface area contributed by atoms with Crippen LogP contribution in [0.15, 0.2) is 0 Å². The zero-order valence-electron chi connectivity index (χ0n) is 7.18. The second kappa shape index (κ2) is 3.72. The number of amides is 1. The third kappa shape index (κ3) is 2.19. The molecule has 64 valence electrons. The van der Waals surface area contributed by atoms with Crippen molar-refractivity contribution in [2.45, 2.75) is 38.3 Å². The molecule has 1 fully saturated rings. The van der Waals surface area contributed by atoms with Crippen molar-refractivity contribution in [3.05, 3.63) is 0 Å². The summed E-state index contributed by atoms with van der Waals surface area (Å²) < 4.78 is 0. The molecule has 1 amide bonds. The first kappa shape index (κ1) is 8.53. The largest absolute Gasteiger partial charge is 0.358 e. The maximum absolute atomic E-state index is 11.0. The highest BCUT2D eigenvalue weighted by Gasteiger charge is 2.21. The lowest BCUT2D eigenvalue weighted by Crippen LogP contribution is -2.48. The number of hydrogen-bond donors (Lipinski definition) is 2. The topological polar surface area (TPSA) is 41.1 Å². The van der Waals surface area contributed by atoms with Gasteiger partial charge in [-0.2, -0.15) is 0 Å². The minimum Gasteiger partial charge on any atom is -0.358 e. The molecule has 1 aliphatic rings. The summed E-state index contributed by atoms with van der Waals surface area (Å²) in [7, 11) is 1.67. The van der Waals surface area contributed by atoms with E-state index in [1.54, 1.807) is 7.05 Å². The molecule has 0 radical (unpaired) electrons. The van der Waals surface area contributed by atoms with E-state index in [9.17, 15) is 4.79 Å². The van der Waals surface area contributed by atoms with E-state index in [0.29, 0.717) is 6.04 Å². The molecule has 0 aliphatic heterocycles. The molecule has 1 rings (SSSR count). The van der Waals surface area contributed by atoms with E-state index in [1.165, 1.54) is 19.3 Å². The van der Waals surface area contributed by atoms with E-state index in [4.69, 9.17) is 0 Å². The molecule has 0 saturated heterocycles. The van der Waals surface area contributed by atoms with E-state index in [-0.39, 0.29) is 11.9 Å². The van der Waals surface area contributed by atoms with Crippen LogP contribution in [-0.4, -0.2) is 25.0 Å². The van der Waals surface area contributed by atoms with Crippen LogP contribution in [0.5, 0.6) is 0 Å².